The summed E-state index contributed by atoms with van der Waals surface area (Å²) >= 11 is 1.61. The third-order valence-corrected chi connectivity index (χ3v) is 7.33. The lowest BCUT2D eigenvalue weighted by Crippen LogP contribution is -2.12. The quantitative estimate of drug-likeness (QED) is 0.261. The van der Waals surface area contributed by atoms with Gasteiger partial charge in [0, 0.05) is 38.3 Å². The molecule has 1 amide bonds. The Morgan fingerprint density at radius 2 is 1.75 bits per heavy atom. The molecule has 0 bridgehead atoms. The van der Waals surface area contributed by atoms with Gasteiger partial charge in [-0.1, -0.05) is 18.2 Å². The molecule has 3 aromatic carbocycles. The van der Waals surface area contributed by atoms with Gasteiger partial charge in [-0.15, -0.1) is 11.3 Å². The van der Waals surface area contributed by atoms with Crippen molar-refractivity contribution in [1.29, 1.82) is 0 Å². The smallest absolute Gasteiger partial charge is 0.284 e. The first-order valence-electron chi connectivity index (χ1n) is 11.3. The highest BCUT2D eigenvalue weighted by Gasteiger charge is 2.25. The topological polar surface area (TPSA) is 74.7 Å². The average molecular weight is 502 g/mol. The predicted molar refractivity (Wildman–Crippen MR) is 141 cm³/mol. The van der Waals surface area contributed by atoms with Crippen LogP contribution in [0.25, 0.3) is 32.5 Å². The van der Waals surface area contributed by atoms with Crippen molar-refractivity contribution in [3.05, 3.63) is 94.3 Å². The van der Waals surface area contributed by atoms with Crippen molar-refractivity contribution < 1.29 is 23.1 Å². The van der Waals surface area contributed by atoms with Gasteiger partial charge in [0.2, 0.25) is 0 Å². The van der Waals surface area contributed by atoms with E-state index in [1.807, 2.05) is 31.2 Å². The van der Waals surface area contributed by atoms with E-state index in [4.69, 9.17) is 19.6 Å². The van der Waals surface area contributed by atoms with E-state index >= 15 is 0 Å². The molecule has 182 valence electrons. The maximum atomic E-state index is 14.9. The molecule has 0 aliphatic rings. The summed E-state index contributed by atoms with van der Waals surface area (Å²) in [4.78, 5) is 14.5. The third-order valence-electron chi connectivity index (χ3n) is 6.20. The molecule has 0 unspecified atom stereocenters. The lowest BCUT2D eigenvalue weighted by Gasteiger charge is -2.12. The van der Waals surface area contributed by atoms with Crippen LogP contribution in [0.4, 0.5) is 4.39 Å². The van der Waals surface area contributed by atoms with Crippen LogP contribution in [-0.2, 0) is 6.42 Å². The number of benzene rings is 3. The molecule has 0 spiro atoms. The number of fused-ring (bicyclic) bond motifs is 1. The Balaban J connectivity index is 1.66. The number of halogens is 1. The van der Waals surface area contributed by atoms with Gasteiger partial charge in [-0.25, -0.2) is 4.39 Å². The van der Waals surface area contributed by atoms with Gasteiger partial charge in [-0.2, -0.15) is 0 Å². The summed E-state index contributed by atoms with van der Waals surface area (Å²) in [6, 6.07) is 20.0. The highest BCUT2D eigenvalue weighted by molar-refractivity contribution is 7.15. The van der Waals surface area contributed by atoms with E-state index in [1.54, 1.807) is 48.8 Å². The molecule has 2 heterocycles. The molecule has 5 nitrogen and oxygen atoms in total. The van der Waals surface area contributed by atoms with E-state index in [0.717, 1.165) is 26.6 Å². The summed E-state index contributed by atoms with van der Waals surface area (Å²) in [5.41, 5.74) is 9.77. The van der Waals surface area contributed by atoms with Crippen molar-refractivity contribution >= 4 is 28.2 Å². The van der Waals surface area contributed by atoms with Gasteiger partial charge in [0.25, 0.3) is 5.91 Å². The molecule has 0 saturated heterocycles. The lowest BCUT2D eigenvalue weighted by molar-refractivity contribution is 0.0975. The van der Waals surface area contributed by atoms with Crippen molar-refractivity contribution in [3.63, 3.8) is 0 Å². The number of thiophene rings is 1. The summed E-state index contributed by atoms with van der Waals surface area (Å²) in [6.45, 7) is 2.01. The van der Waals surface area contributed by atoms with Crippen LogP contribution in [0.15, 0.2) is 71.1 Å². The Labute approximate surface area is 211 Å². The van der Waals surface area contributed by atoms with Crippen LogP contribution in [0.5, 0.6) is 11.5 Å². The van der Waals surface area contributed by atoms with Gasteiger partial charge in [-0.05, 0) is 66.6 Å². The van der Waals surface area contributed by atoms with Crippen LogP contribution >= 0.6 is 11.3 Å². The van der Waals surface area contributed by atoms with E-state index in [9.17, 15) is 9.18 Å². The summed E-state index contributed by atoms with van der Waals surface area (Å²) < 4.78 is 31.8. The van der Waals surface area contributed by atoms with Crippen LogP contribution in [0.3, 0.4) is 0 Å². The molecule has 0 aliphatic carbocycles. The van der Waals surface area contributed by atoms with Gasteiger partial charge in [-0.3, -0.25) is 4.79 Å². The molecule has 0 aliphatic heterocycles. The van der Waals surface area contributed by atoms with Gasteiger partial charge in [0.05, 0.1) is 14.2 Å². The maximum Gasteiger partial charge on any atom is 0.284 e. The van der Waals surface area contributed by atoms with Crippen molar-refractivity contribution in [2.45, 2.75) is 13.3 Å². The van der Waals surface area contributed by atoms with Crippen molar-refractivity contribution in [2.24, 2.45) is 5.73 Å². The standard InChI is InChI=1S/C29H24FNO4S/c1-16-14-17(8-10-22(16)33-2)25-13-9-18(36-25)15-20-27-24(35-28(20)29(31)32)12-11-23(34-3)26(27)19-6-4-5-7-21(19)30/h4-14H,15H2,1-3H3,(H2,31,32). The molecule has 0 fully saturated rings. The predicted octanol–water partition coefficient (Wildman–Crippen LogP) is 6.98. The number of hydrogen-bond acceptors (Lipinski definition) is 5. The zero-order chi connectivity index (χ0) is 25.4. The fraction of sp³-hybridized carbons (Fsp3) is 0.138. The molecule has 36 heavy (non-hydrogen) atoms. The Morgan fingerprint density at radius 3 is 2.44 bits per heavy atom. The Morgan fingerprint density at radius 1 is 1.00 bits per heavy atom. The fourth-order valence-electron chi connectivity index (χ4n) is 4.54. The minimum absolute atomic E-state index is 0.0612. The number of amides is 1. The first-order valence-corrected chi connectivity index (χ1v) is 12.1. The number of methoxy groups -OCH3 is 2. The second-order valence-corrected chi connectivity index (χ2v) is 9.57. The Hall–Kier alpha value is -4.10. The SMILES string of the molecule is COc1ccc(-c2ccc(Cc3c(C(N)=O)oc4ccc(OC)c(-c5ccccc5F)c34)s2)cc1C. The van der Waals surface area contributed by atoms with E-state index in [-0.39, 0.29) is 5.76 Å². The first-order chi connectivity index (χ1) is 17.4. The number of rotatable bonds is 7. The molecule has 2 N–H and O–H groups in total. The molecule has 7 heteroatoms. The lowest BCUT2D eigenvalue weighted by atomic mass is 9.95. The monoisotopic (exact) mass is 501 g/mol. The Bertz CT molecular complexity index is 1600. The molecule has 0 radical (unpaired) electrons. The second kappa shape index (κ2) is 9.51. The number of primary amides is 1. The number of aryl methyl sites for hydroxylation is 1. The number of ether oxygens (including phenoxy) is 2. The summed E-state index contributed by atoms with van der Waals surface area (Å²) in [6.07, 6.45) is 0.389. The molecular weight excluding hydrogens is 477 g/mol. The van der Waals surface area contributed by atoms with Crippen LogP contribution in [-0.4, -0.2) is 20.1 Å². The van der Waals surface area contributed by atoms with Crippen molar-refractivity contribution in [2.75, 3.05) is 14.2 Å². The zero-order valence-corrected chi connectivity index (χ0v) is 20.9. The minimum Gasteiger partial charge on any atom is -0.496 e. The zero-order valence-electron chi connectivity index (χ0n) is 20.1. The van der Waals surface area contributed by atoms with Crippen LogP contribution in [0, 0.1) is 12.7 Å². The number of nitrogens with two attached hydrogens (primary N) is 1. The number of carbonyl (C=O) groups excluding carboxylic acids is 1. The van der Waals surface area contributed by atoms with E-state index in [2.05, 4.69) is 6.07 Å². The average Bonchev–Trinajstić information content (AvgIpc) is 3.49. The molecule has 5 aromatic rings. The van der Waals surface area contributed by atoms with Crippen molar-refractivity contribution in [3.8, 4) is 33.1 Å². The maximum absolute atomic E-state index is 14.9. The molecule has 2 aromatic heterocycles. The molecule has 0 saturated carbocycles. The normalized spacial score (nSPS) is 11.1. The summed E-state index contributed by atoms with van der Waals surface area (Å²) in [5.74, 6) is 0.296. The number of hydrogen-bond donors (Lipinski definition) is 1. The Kier molecular flexibility index (Phi) is 6.24. The summed E-state index contributed by atoms with van der Waals surface area (Å²) in [5, 5.41) is 0.614. The number of furan rings is 1. The number of carbonyl (C=O) groups is 1. The van der Waals surface area contributed by atoms with Crippen LogP contribution in [0.2, 0.25) is 0 Å². The highest BCUT2D eigenvalue weighted by Crippen LogP contribution is 2.43. The fourth-order valence-corrected chi connectivity index (χ4v) is 5.55. The third kappa shape index (κ3) is 4.12. The van der Waals surface area contributed by atoms with Gasteiger partial charge < -0.3 is 19.6 Å². The largest absolute Gasteiger partial charge is 0.496 e. The highest BCUT2D eigenvalue weighted by atomic mass is 32.1. The van der Waals surface area contributed by atoms with Gasteiger partial charge >= 0.3 is 0 Å². The minimum atomic E-state index is -0.679. The molecule has 5 rings (SSSR count). The second-order valence-electron chi connectivity index (χ2n) is 8.40. The van der Waals surface area contributed by atoms with E-state index < -0.39 is 11.7 Å². The molecular formula is C29H24FNO4S. The summed E-state index contributed by atoms with van der Waals surface area (Å²) in [7, 11) is 3.18. The van der Waals surface area contributed by atoms with Crippen molar-refractivity contribution in [1.82, 2.24) is 0 Å². The van der Waals surface area contributed by atoms with Gasteiger partial charge in [0.15, 0.2) is 5.76 Å². The van der Waals surface area contributed by atoms with Gasteiger partial charge in [0.1, 0.15) is 22.9 Å². The first kappa shape index (κ1) is 23.6. The van der Waals surface area contributed by atoms with Crippen LogP contribution in [0.1, 0.15) is 26.6 Å². The van der Waals surface area contributed by atoms with E-state index in [1.165, 1.54) is 13.2 Å². The molecule has 0 atom stereocenters. The van der Waals surface area contributed by atoms with Crippen LogP contribution < -0.4 is 15.2 Å². The van der Waals surface area contributed by atoms with E-state index in [0.29, 0.717) is 39.8 Å².